The molecule has 1 N–H and O–H groups in total. The van der Waals surface area contributed by atoms with Crippen LogP contribution in [0, 0.1) is 0 Å². The average Bonchev–Trinajstić information content (AvgIpc) is 3.20. The normalized spacial score (nSPS) is 11.5. The van der Waals surface area contributed by atoms with Gasteiger partial charge in [-0.05, 0) is 44.2 Å². The van der Waals surface area contributed by atoms with E-state index in [0.29, 0.717) is 11.4 Å². The molecule has 0 spiro atoms. The molecule has 30 heavy (non-hydrogen) atoms. The van der Waals surface area contributed by atoms with E-state index in [1.165, 1.54) is 35.6 Å². The van der Waals surface area contributed by atoms with Crippen LogP contribution in [0.3, 0.4) is 0 Å². The third kappa shape index (κ3) is 5.24. The molecule has 1 heterocycles. The van der Waals surface area contributed by atoms with Gasteiger partial charge >= 0.3 is 5.97 Å². The van der Waals surface area contributed by atoms with Gasteiger partial charge in [0.1, 0.15) is 17.4 Å². The van der Waals surface area contributed by atoms with Crippen molar-refractivity contribution < 1.29 is 22.7 Å². The van der Waals surface area contributed by atoms with Gasteiger partial charge < -0.3 is 9.47 Å². The van der Waals surface area contributed by atoms with Crippen molar-refractivity contribution in [3.63, 3.8) is 0 Å². The predicted molar refractivity (Wildman–Crippen MR) is 115 cm³/mol. The Kier molecular flexibility index (Phi) is 6.86. The topological polar surface area (TPSA) is 94.6 Å². The van der Waals surface area contributed by atoms with Crippen LogP contribution in [-0.2, 0) is 21.4 Å². The molecule has 0 aliphatic heterocycles. The number of nitrogens with one attached hydrogen (secondary N) is 1. The van der Waals surface area contributed by atoms with Crippen LogP contribution >= 0.6 is 11.3 Å². The molecule has 3 rings (SSSR count). The summed E-state index contributed by atoms with van der Waals surface area (Å²) in [6.45, 7) is 3.43. The number of carbonyl (C=O) groups is 1. The Hall–Kier alpha value is -2.75. The Morgan fingerprint density at radius 3 is 2.67 bits per heavy atom. The summed E-state index contributed by atoms with van der Waals surface area (Å²) in [7, 11) is -2.10. The lowest BCUT2D eigenvalue weighted by Crippen LogP contribution is -2.30. The molecule has 158 valence electrons. The van der Waals surface area contributed by atoms with Gasteiger partial charge in [-0.25, -0.2) is 22.9 Å². The average molecular weight is 447 g/mol. The minimum absolute atomic E-state index is 0.0118. The number of aromatic nitrogens is 1. The number of hydrogen-bond donors (Lipinski definition) is 1. The highest BCUT2D eigenvalue weighted by Crippen LogP contribution is 2.32. The molecule has 3 aromatic rings. The van der Waals surface area contributed by atoms with Gasteiger partial charge in [0.15, 0.2) is 0 Å². The standard InChI is InChI=1S/C21H22N2O5S2/c1-14(2)23-30(25,26)17-8-6-7-15(11-17)21(24)28-12-16-13-29-20(22-16)18-9-4-5-10-19(18)27-3/h4-11,13-14,23H,12H2,1-3H3. The number of ether oxygens (including phenoxy) is 2. The Morgan fingerprint density at radius 2 is 1.93 bits per heavy atom. The van der Waals surface area contributed by atoms with E-state index >= 15 is 0 Å². The lowest BCUT2D eigenvalue weighted by atomic mass is 10.2. The Morgan fingerprint density at radius 1 is 1.17 bits per heavy atom. The number of hydrogen-bond acceptors (Lipinski definition) is 7. The van der Waals surface area contributed by atoms with Gasteiger partial charge in [0.2, 0.25) is 10.0 Å². The monoisotopic (exact) mass is 446 g/mol. The van der Waals surface area contributed by atoms with E-state index in [4.69, 9.17) is 9.47 Å². The third-order valence-electron chi connectivity index (χ3n) is 4.01. The largest absolute Gasteiger partial charge is 0.496 e. The molecule has 0 saturated heterocycles. The van der Waals surface area contributed by atoms with E-state index in [0.717, 1.165) is 10.6 Å². The molecule has 2 aromatic carbocycles. The third-order valence-corrected chi connectivity index (χ3v) is 6.59. The summed E-state index contributed by atoms with van der Waals surface area (Å²) in [5.74, 6) is 0.0897. The van der Waals surface area contributed by atoms with Gasteiger partial charge in [-0.15, -0.1) is 11.3 Å². The molecule has 1 aromatic heterocycles. The van der Waals surface area contributed by atoms with Crippen LogP contribution in [0.25, 0.3) is 10.6 Å². The zero-order valence-electron chi connectivity index (χ0n) is 16.8. The molecule has 0 bridgehead atoms. The van der Waals surface area contributed by atoms with E-state index in [9.17, 15) is 13.2 Å². The smallest absolute Gasteiger partial charge is 0.338 e. The number of nitrogens with zero attached hydrogens (tertiary/aromatic N) is 1. The first-order valence-electron chi connectivity index (χ1n) is 9.17. The van der Waals surface area contributed by atoms with Gasteiger partial charge in [-0.1, -0.05) is 18.2 Å². The van der Waals surface area contributed by atoms with Crippen molar-refractivity contribution >= 4 is 27.3 Å². The fraction of sp³-hybridized carbons (Fsp3) is 0.238. The van der Waals surface area contributed by atoms with Crippen molar-refractivity contribution in [1.82, 2.24) is 9.71 Å². The predicted octanol–water partition coefficient (Wildman–Crippen LogP) is 3.86. The highest BCUT2D eigenvalue weighted by Gasteiger charge is 2.18. The summed E-state index contributed by atoms with van der Waals surface area (Å²) in [6.07, 6.45) is 0. The van der Waals surface area contributed by atoms with Gasteiger partial charge in [-0.3, -0.25) is 0 Å². The maximum absolute atomic E-state index is 12.4. The molecule has 9 heteroatoms. The van der Waals surface area contributed by atoms with Gasteiger partial charge in [0.05, 0.1) is 28.8 Å². The van der Waals surface area contributed by atoms with Crippen LogP contribution in [0.5, 0.6) is 5.75 Å². The zero-order chi connectivity index (χ0) is 21.7. The molecule has 0 unspecified atom stereocenters. The lowest BCUT2D eigenvalue weighted by Gasteiger charge is -2.10. The second kappa shape index (κ2) is 9.38. The van der Waals surface area contributed by atoms with Crippen LogP contribution in [0.2, 0.25) is 0 Å². The lowest BCUT2D eigenvalue weighted by molar-refractivity contribution is 0.0468. The summed E-state index contributed by atoms with van der Waals surface area (Å²) in [5.41, 5.74) is 1.61. The van der Waals surface area contributed by atoms with E-state index < -0.39 is 16.0 Å². The number of sulfonamides is 1. The van der Waals surface area contributed by atoms with E-state index in [-0.39, 0.29) is 23.1 Å². The first kappa shape index (κ1) is 21.9. The molecule has 0 radical (unpaired) electrons. The highest BCUT2D eigenvalue weighted by molar-refractivity contribution is 7.89. The number of para-hydroxylation sites is 1. The number of methoxy groups -OCH3 is 1. The van der Waals surface area contributed by atoms with Crippen molar-refractivity contribution in [1.29, 1.82) is 0 Å². The first-order chi connectivity index (χ1) is 14.3. The number of rotatable bonds is 8. The fourth-order valence-electron chi connectivity index (χ4n) is 2.71. The summed E-state index contributed by atoms with van der Waals surface area (Å²) in [6, 6.07) is 13.0. The van der Waals surface area contributed by atoms with Crippen molar-refractivity contribution in [2.75, 3.05) is 7.11 Å². The molecule has 0 aliphatic rings. The van der Waals surface area contributed by atoms with Gasteiger partial charge in [0.25, 0.3) is 0 Å². The molecular formula is C21H22N2O5S2. The maximum Gasteiger partial charge on any atom is 0.338 e. The van der Waals surface area contributed by atoms with Crippen LogP contribution in [-0.4, -0.2) is 32.5 Å². The SMILES string of the molecule is COc1ccccc1-c1nc(COC(=O)c2cccc(S(=O)(=O)NC(C)C)c2)cs1. The van der Waals surface area contributed by atoms with Crippen LogP contribution in [0.4, 0.5) is 0 Å². The second-order valence-electron chi connectivity index (χ2n) is 6.72. The van der Waals surface area contributed by atoms with Gasteiger partial charge in [-0.2, -0.15) is 0 Å². The van der Waals surface area contributed by atoms with Crippen molar-refractivity contribution in [3.8, 4) is 16.3 Å². The first-order valence-corrected chi connectivity index (χ1v) is 11.5. The molecule has 0 atom stereocenters. The molecular weight excluding hydrogens is 424 g/mol. The Balaban J connectivity index is 1.70. The minimum atomic E-state index is -3.70. The van der Waals surface area contributed by atoms with Crippen LogP contribution < -0.4 is 9.46 Å². The van der Waals surface area contributed by atoms with Crippen molar-refractivity contribution in [2.45, 2.75) is 31.4 Å². The Labute approximate surface area is 179 Å². The van der Waals surface area contributed by atoms with Crippen LogP contribution in [0.1, 0.15) is 29.9 Å². The molecule has 0 amide bonds. The number of carbonyl (C=O) groups excluding carboxylic acids is 1. The maximum atomic E-state index is 12.4. The van der Waals surface area contributed by atoms with E-state index in [2.05, 4.69) is 9.71 Å². The van der Waals surface area contributed by atoms with E-state index in [1.807, 2.05) is 29.6 Å². The van der Waals surface area contributed by atoms with Crippen LogP contribution in [0.15, 0.2) is 58.8 Å². The minimum Gasteiger partial charge on any atom is -0.496 e. The van der Waals surface area contributed by atoms with E-state index in [1.54, 1.807) is 21.0 Å². The number of thiazole rings is 1. The number of esters is 1. The summed E-state index contributed by atoms with van der Waals surface area (Å²) in [4.78, 5) is 16.9. The molecule has 7 nitrogen and oxygen atoms in total. The second-order valence-corrected chi connectivity index (χ2v) is 9.30. The zero-order valence-corrected chi connectivity index (χ0v) is 18.4. The Bertz CT molecular complexity index is 1140. The quantitative estimate of drug-likeness (QED) is 0.528. The summed E-state index contributed by atoms with van der Waals surface area (Å²) in [5, 5.41) is 2.56. The summed E-state index contributed by atoms with van der Waals surface area (Å²) < 4.78 is 37.8. The fourth-order valence-corrected chi connectivity index (χ4v) is 4.84. The van der Waals surface area contributed by atoms with Crippen molar-refractivity contribution in [2.24, 2.45) is 0 Å². The highest BCUT2D eigenvalue weighted by atomic mass is 32.2. The molecule has 0 saturated carbocycles. The van der Waals surface area contributed by atoms with Gasteiger partial charge in [0, 0.05) is 11.4 Å². The number of benzene rings is 2. The van der Waals surface area contributed by atoms with Crippen molar-refractivity contribution in [3.05, 3.63) is 65.2 Å². The molecule has 0 aliphatic carbocycles. The summed E-state index contributed by atoms with van der Waals surface area (Å²) >= 11 is 1.42. The molecule has 0 fully saturated rings.